The molecule has 1 aliphatic heterocycles. The van der Waals surface area contributed by atoms with E-state index < -0.39 is 5.60 Å². The molecule has 7 heteroatoms. The van der Waals surface area contributed by atoms with Crippen LogP contribution in [0.4, 0.5) is 10.7 Å². The lowest BCUT2D eigenvalue weighted by molar-refractivity contribution is 0.0520. The number of hydrogen-bond donors (Lipinski definition) is 1. The third kappa shape index (κ3) is 5.02. The van der Waals surface area contributed by atoms with Gasteiger partial charge in [0.15, 0.2) is 0 Å². The molecular formula is C15H23ClN4O2. The highest BCUT2D eigenvalue weighted by Gasteiger charge is 2.26. The van der Waals surface area contributed by atoms with E-state index in [1.807, 2.05) is 27.7 Å². The highest BCUT2D eigenvalue weighted by Crippen LogP contribution is 2.22. The van der Waals surface area contributed by atoms with Gasteiger partial charge in [-0.2, -0.15) is 0 Å². The zero-order valence-corrected chi connectivity index (χ0v) is 14.3. The zero-order valence-electron chi connectivity index (χ0n) is 13.5. The van der Waals surface area contributed by atoms with Crippen molar-refractivity contribution in [3.8, 4) is 0 Å². The summed E-state index contributed by atoms with van der Waals surface area (Å²) < 4.78 is 5.23. The molecule has 122 valence electrons. The standard InChI is InChI=1S/C15H23ClN4O2/c1-10-7-12(16)19-13(18-10)20-6-5-11(9-20)8-17-14(21)22-15(2,3)4/h7,11H,5-6,8-9H2,1-4H3,(H,17,21). The molecule has 0 aliphatic carbocycles. The number of anilines is 1. The molecule has 6 nitrogen and oxygen atoms in total. The van der Waals surface area contributed by atoms with Gasteiger partial charge in [0.05, 0.1) is 0 Å². The maximum atomic E-state index is 11.7. The first kappa shape index (κ1) is 16.8. The average molecular weight is 327 g/mol. The number of carbonyl (C=O) groups is 1. The fourth-order valence-electron chi connectivity index (χ4n) is 2.38. The van der Waals surface area contributed by atoms with Crippen molar-refractivity contribution < 1.29 is 9.53 Å². The Morgan fingerprint density at radius 1 is 1.50 bits per heavy atom. The summed E-state index contributed by atoms with van der Waals surface area (Å²) in [4.78, 5) is 22.4. The van der Waals surface area contributed by atoms with Gasteiger partial charge in [-0.3, -0.25) is 0 Å². The molecule has 1 fully saturated rings. The van der Waals surface area contributed by atoms with Gasteiger partial charge in [-0.05, 0) is 46.1 Å². The molecule has 1 amide bonds. The van der Waals surface area contributed by atoms with E-state index in [1.54, 1.807) is 6.07 Å². The van der Waals surface area contributed by atoms with Crippen molar-refractivity contribution in [1.82, 2.24) is 15.3 Å². The molecular weight excluding hydrogens is 304 g/mol. The maximum Gasteiger partial charge on any atom is 0.407 e. The Kier molecular flexibility index (Phi) is 5.11. The van der Waals surface area contributed by atoms with E-state index in [2.05, 4.69) is 20.2 Å². The van der Waals surface area contributed by atoms with Crippen LogP contribution < -0.4 is 10.2 Å². The predicted octanol–water partition coefficient (Wildman–Crippen LogP) is 2.79. The van der Waals surface area contributed by atoms with Crippen molar-refractivity contribution in [3.63, 3.8) is 0 Å². The van der Waals surface area contributed by atoms with E-state index in [0.29, 0.717) is 23.6 Å². The minimum atomic E-state index is -0.474. The Labute approximate surface area is 136 Å². The topological polar surface area (TPSA) is 67.4 Å². The molecule has 1 saturated heterocycles. The molecule has 22 heavy (non-hydrogen) atoms. The number of nitrogens with zero attached hydrogens (tertiary/aromatic N) is 3. The number of carbonyl (C=O) groups excluding carboxylic acids is 1. The number of alkyl carbamates (subject to hydrolysis) is 1. The van der Waals surface area contributed by atoms with E-state index in [-0.39, 0.29) is 6.09 Å². The summed E-state index contributed by atoms with van der Waals surface area (Å²) in [5, 5.41) is 3.28. The van der Waals surface area contributed by atoms with Crippen LogP contribution in [0.1, 0.15) is 32.9 Å². The van der Waals surface area contributed by atoms with Crippen LogP contribution >= 0.6 is 11.6 Å². The summed E-state index contributed by atoms with van der Waals surface area (Å²) in [6.45, 7) is 9.70. The fourth-order valence-corrected chi connectivity index (χ4v) is 2.61. The van der Waals surface area contributed by atoms with Gasteiger partial charge in [0.25, 0.3) is 0 Å². The van der Waals surface area contributed by atoms with Gasteiger partial charge in [-0.15, -0.1) is 0 Å². The average Bonchev–Trinajstić information content (AvgIpc) is 2.82. The van der Waals surface area contributed by atoms with Crippen molar-refractivity contribution in [1.29, 1.82) is 0 Å². The molecule has 0 bridgehead atoms. The van der Waals surface area contributed by atoms with Gasteiger partial charge in [-0.1, -0.05) is 11.6 Å². The quantitative estimate of drug-likeness (QED) is 0.865. The molecule has 1 aliphatic rings. The van der Waals surface area contributed by atoms with Crippen LogP contribution in [0, 0.1) is 12.8 Å². The van der Waals surface area contributed by atoms with Crippen LogP contribution in [0.5, 0.6) is 0 Å². The number of aromatic nitrogens is 2. The second-order valence-corrected chi connectivity index (χ2v) is 7.00. The van der Waals surface area contributed by atoms with Crippen molar-refractivity contribution in [2.24, 2.45) is 5.92 Å². The van der Waals surface area contributed by atoms with Gasteiger partial charge in [0.1, 0.15) is 10.8 Å². The Morgan fingerprint density at radius 3 is 2.86 bits per heavy atom. The Balaban J connectivity index is 1.84. The second-order valence-electron chi connectivity index (χ2n) is 6.62. The summed E-state index contributed by atoms with van der Waals surface area (Å²) in [5.41, 5.74) is 0.378. The number of aryl methyl sites for hydroxylation is 1. The number of hydrogen-bond acceptors (Lipinski definition) is 5. The lowest BCUT2D eigenvalue weighted by atomic mass is 10.1. The summed E-state index contributed by atoms with van der Waals surface area (Å²) in [7, 11) is 0. The summed E-state index contributed by atoms with van der Waals surface area (Å²) in [5.74, 6) is 1.01. The second kappa shape index (κ2) is 6.69. The molecule has 0 aromatic carbocycles. The van der Waals surface area contributed by atoms with Crippen LogP contribution in [0.15, 0.2) is 6.07 Å². The van der Waals surface area contributed by atoms with Gasteiger partial charge in [0, 0.05) is 25.3 Å². The SMILES string of the molecule is Cc1cc(Cl)nc(N2CCC(CNC(=O)OC(C)(C)C)C2)n1. The van der Waals surface area contributed by atoms with Crippen LogP contribution in [0.2, 0.25) is 5.15 Å². The van der Waals surface area contributed by atoms with E-state index in [9.17, 15) is 4.79 Å². The number of halogens is 1. The summed E-state index contributed by atoms with van der Waals surface area (Å²) >= 11 is 5.98. The zero-order chi connectivity index (χ0) is 16.3. The van der Waals surface area contributed by atoms with E-state index >= 15 is 0 Å². The molecule has 2 rings (SSSR count). The number of ether oxygens (including phenoxy) is 1. The first-order valence-corrected chi connectivity index (χ1v) is 7.84. The molecule has 1 unspecified atom stereocenters. The van der Waals surface area contributed by atoms with Gasteiger partial charge >= 0.3 is 6.09 Å². The molecule has 1 N–H and O–H groups in total. The van der Waals surface area contributed by atoms with E-state index in [0.717, 1.165) is 25.2 Å². The number of amides is 1. The van der Waals surface area contributed by atoms with Crippen molar-refractivity contribution >= 4 is 23.6 Å². The van der Waals surface area contributed by atoms with Crippen LogP contribution in [0.3, 0.4) is 0 Å². The highest BCUT2D eigenvalue weighted by molar-refractivity contribution is 6.29. The fraction of sp³-hybridized carbons (Fsp3) is 0.667. The Morgan fingerprint density at radius 2 is 2.23 bits per heavy atom. The lowest BCUT2D eigenvalue weighted by Crippen LogP contribution is -2.36. The summed E-state index contributed by atoms with van der Waals surface area (Å²) in [6.07, 6.45) is 0.603. The van der Waals surface area contributed by atoms with Crippen LogP contribution in [-0.2, 0) is 4.74 Å². The first-order chi connectivity index (χ1) is 10.2. The molecule has 0 saturated carbocycles. The van der Waals surface area contributed by atoms with Crippen LogP contribution in [0.25, 0.3) is 0 Å². The van der Waals surface area contributed by atoms with E-state index in [4.69, 9.17) is 16.3 Å². The third-order valence-electron chi connectivity index (χ3n) is 3.31. The van der Waals surface area contributed by atoms with Gasteiger partial charge in [0.2, 0.25) is 5.95 Å². The molecule has 0 spiro atoms. The Bertz CT molecular complexity index is 525. The van der Waals surface area contributed by atoms with Gasteiger partial charge in [-0.25, -0.2) is 14.8 Å². The van der Waals surface area contributed by atoms with Crippen molar-refractivity contribution in [3.05, 3.63) is 16.9 Å². The lowest BCUT2D eigenvalue weighted by Gasteiger charge is -2.21. The largest absolute Gasteiger partial charge is 0.444 e. The minimum Gasteiger partial charge on any atom is -0.444 e. The normalized spacial score (nSPS) is 18.4. The third-order valence-corrected chi connectivity index (χ3v) is 3.51. The monoisotopic (exact) mass is 326 g/mol. The van der Waals surface area contributed by atoms with Crippen molar-refractivity contribution in [2.75, 3.05) is 24.5 Å². The first-order valence-electron chi connectivity index (χ1n) is 7.46. The highest BCUT2D eigenvalue weighted by atomic mass is 35.5. The maximum absolute atomic E-state index is 11.7. The molecule has 1 aromatic heterocycles. The van der Waals surface area contributed by atoms with Gasteiger partial charge < -0.3 is 15.0 Å². The van der Waals surface area contributed by atoms with Crippen molar-refractivity contribution in [2.45, 2.75) is 39.7 Å². The molecule has 1 aromatic rings. The Hall–Kier alpha value is -1.56. The molecule has 2 heterocycles. The summed E-state index contributed by atoms with van der Waals surface area (Å²) in [6, 6.07) is 1.74. The minimum absolute atomic E-state index is 0.357. The smallest absolute Gasteiger partial charge is 0.407 e. The number of rotatable bonds is 3. The van der Waals surface area contributed by atoms with E-state index in [1.165, 1.54) is 0 Å². The van der Waals surface area contributed by atoms with Crippen LogP contribution in [-0.4, -0.2) is 41.3 Å². The molecule has 1 atom stereocenters. The predicted molar refractivity (Wildman–Crippen MR) is 86.3 cm³/mol. The number of nitrogens with one attached hydrogen (secondary N) is 1. The molecule has 0 radical (unpaired) electrons.